The van der Waals surface area contributed by atoms with Crippen molar-refractivity contribution in [1.29, 1.82) is 0 Å². The minimum absolute atomic E-state index is 0.0285. The molecule has 50 heavy (non-hydrogen) atoms. The van der Waals surface area contributed by atoms with Crippen molar-refractivity contribution in [3.05, 3.63) is 82.1 Å². The Labute approximate surface area is 293 Å². The SMILES string of the molecule is COc1ccc(S(=O)(=O)N[C@@H]2CC=CC3=C4C(=C4C(=O)NS(=O)(=O)N(C)C)Cn4c(cc5c(OC)ccc(C6CCCCC6)c54)C32)c(OC)c1. The van der Waals surface area contributed by atoms with Crippen molar-refractivity contribution < 1.29 is 35.8 Å². The van der Waals surface area contributed by atoms with Gasteiger partial charge in [-0.3, -0.25) is 4.79 Å². The topological polar surface area (TPSA) is 145 Å². The standard InChI is InChI=1S/C36H42N4O8S2/c1-39(2)50(44,45)38-36(41)34-26-20-40-28(19-25-29(47-4)16-15-23(35(25)40)21-10-7-6-8-11-21)33-24(32(26)34)12-9-13-27(33)37-49(42,43)31-17-14-22(46-3)18-30(31)48-5/h9,12,14-19,21,27,33,37H,6-8,10-11,13,20H2,1-5H3,(H,38,41)/t27-,33?/m1/s1. The zero-order valence-corrected chi connectivity index (χ0v) is 30.4. The summed E-state index contributed by atoms with van der Waals surface area (Å²) in [5, 5.41) is 0.920. The maximum Gasteiger partial charge on any atom is 0.303 e. The number of allylic oxidation sites excluding steroid dienone is 2. The molecule has 0 spiro atoms. The molecule has 1 aromatic heterocycles. The summed E-state index contributed by atoms with van der Waals surface area (Å²) in [6, 6.07) is 10.1. The summed E-state index contributed by atoms with van der Waals surface area (Å²) in [4.78, 5) is 13.6. The number of hydrogen-bond donors (Lipinski definition) is 2. The molecular weight excluding hydrogens is 681 g/mol. The lowest BCUT2D eigenvalue weighted by atomic mass is 9.81. The fourth-order valence-corrected chi connectivity index (χ4v) is 9.83. The summed E-state index contributed by atoms with van der Waals surface area (Å²) in [5.41, 5.74) is 5.56. The summed E-state index contributed by atoms with van der Waals surface area (Å²) in [6.07, 6.45) is 9.82. The molecule has 12 nitrogen and oxygen atoms in total. The second-order valence-electron chi connectivity index (χ2n) is 13.4. The number of fused-ring (bicyclic) bond motifs is 6. The van der Waals surface area contributed by atoms with Crippen LogP contribution in [0.5, 0.6) is 17.2 Å². The molecule has 2 heterocycles. The van der Waals surface area contributed by atoms with Gasteiger partial charge in [-0.15, -0.1) is 0 Å². The van der Waals surface area contributed by atoms with Crippen molar-refractivity contribution >= 4 is 37.0 Å². The molecule has 3 aromatic rings. The first-order valence-electron chi connectivity index (χ1n) is 16.7. The molecule has 1 amide bonds. The molecule has 0 bridgehead atoms. The first-order valence-corrected chi connectivity index (χ1v) is 19.7. The van der Waals surface area contributed by atoms with Crippen LogP contribution in [0.15, 0.2) is 75.7 Å². The summed E-state index contributed by atoms with van der Waals surface area (Å²) in [7, 11) is -0.929. The van der Waals surface area contributed by atoms with Crippen molar-refractivity contribution in [3.63, 3.8) is 0 Å². The van der Waals surface area contributed by atoms with Crippen LogP contribution in [0.3, 0.4) is 0 Å². The summed E-state index contributed by atoms with van der Waals surface area (Å²) in [6.45, 7) is 0.325. The molecule has 266 valence electrons. The van der Waals surface area contributed by atoms with Crippen LogP contribution in [0.25, 0.3) is 10.9 Å². The Morgan fingerprint density at radius 1 is 0.920 bits per heavy atom. The maximum absolute atomic E-state index is 14.1. The summed E-state index contributed by atoms with van der Waals surface area (Å²) in [5.74, 6) is 0.426. The normalized spacial score (nSPS) is 20.7. The van der Waals surface area contributed by atoms with E-state index in [0.717, 1.165) is 57.7 Å². The van der Waals surface area contributed by atoms with Gasteiger partial charge < -0.3 is 18.8 Å². The molecule has 2 aromatic carbocycles. The number of amides is 1. The van der Waals surface area contributed by atoms with Gasteiger partial charge in [0.25, 0.3) is 5.91 Å². The van der Waals surface area contributed by atoms with Crippen molar-refractivity contribution in [2.24, 2.45) is 0 Å². The van der Waals surface area contributed by atoms with E-state index in [0.29, 0.717) is 41.5 Å². The number of carbonyl (C=O) groups excluding carboxylic acids is 1. The summed E-state index contributed by atoms with van der Waals surface area (Å²) >= 11 is 0. The molecule has 4 aliphatic rings. The predicted octanol–water partition coefficient (Wildman–Crippen LogP) is 4.65. The first-order chi connectivity index (χ1) is 23.9. The zero-order valence-electron chi connectivity index (χ0n) is 28.8. The largest absolute Gasteiger partial charge is 0.497 e. The fourth-order valence-electron chi connectivity index (χ4n) is 7.90. The Kier molecular flexibility index (Phi) is 8.86. The molecule has 1 aliphatic heterocycles. The minimum Gasteiger partial charge on any atom is -0.497 e. The Morgan fingerprint density at radius 2 is 1.66 bits per heavy atom. The van der Waals surface area contributed by atoms with Gasteiger partial charge in [0, 0.05) is 49.7 Å². The molecule has 0 radical (unpaired) electrons. The van der Waals surface area contributed by atoms with E-state index in [1.807, 2.05) is 18.2 Å². The van der Waals surface area contributed by atoms with Gasteiger partial charge in [0.05, 0.1) is 32.4 Å². The van der Waals surface area contributed by atoms with E-state index in [-0.39, 0.29) is 10.6 Å². The van der Waals surface area contributed by atoms with Gasteiger partial charge in [-0.1, -0.05) is 37.5 Å². The number of aromatic nitrogens is 1. The van der Waals surface area contributed by atoms with E-state index in [1.54, 1.807) is 13.2 Å². The number of benzene rings is 2. The predicted molar refractivity (Wildman–Crippen MR) is 189 cm³/mol. The molecular formula is C36H42N4O8S2. The van der Waals surface area contributed by atoms with Crippen LogP contribution in [-0.4, -0.2) is 73.1 Å². The van der Waals surface area contributed by atoms with Gasteiger partial charge >= 0.3 is 10.2 Å². The lowest BCUT2D eigenvalue weighted by Gasteiger charge is -2.32. The van der Waals surface area contributed by atoms with E-state index in [2.05, 4.69) is 26.1 Å². The number of rotatable bonds is 10. The number of nitrogens with one attached hydrogen (secondary N) is 2. The van der Waals surface area contributed by atoms with E-state index in [4.69, 9.17) is 14.2 Å². The Morgan fingerprint density at radius 3 is 2.34 bits per heavy atom. The zero-order chi connectivity index (χ0) is 35.5. The van der Waals surface area contributed by atoms with Gasteiger partial charge in [0.15, 0.2) is 0 Å². The van der Waals surface area contributed by atoms with Crippen LogP contribution in [-0.2, 0) is 31.6 Å². The lowest BCUT2D eigenvalue weighted by Crippen LogP contribution is -2.41. The molecule has 1 unspecified atom stereocenters. The highest BCUT2D eigenvalue weighted by Crippen LogP contribution is 2.54. The summed E-state index contributed by atoms with van der Waals surface area (Å²) < 4.78 is 78.6. The number of methoxy groups -OCH3 is 3. The molecule has 7 rings (SSSR count). The number of carbonyl (C=O) groups is 1. The van der Waals surface area contributed by atoms with Crippen molar-refractivity contribution in [1.82, 2.24) is 18.3 Å². The second-order valence-corrected chi connectivity index (χ2v) is 16.9. The number of sulfonamides is 1. The molecule has 2 atom stereocenters. The van der Waals surface area contributed by atoms with E-state index in [9.17, 15) is 21.6 Å². The molecule has 2 N–H and O–H groups in total. The lowest BCUT2D eigenvalue weighted by molar-refractivity contribution is -0.115. The highest BCUT2D eigenvalue weighted by molar-refractivity contribution is 7.89. The third kappa shape index (κ3) is 5.81. The van der Waals surface area contributed by atoms with Crippen LogP contribution in [0.4, 0.5) is 0 Å². The monoisotopic (exact) mass is 722 g/mol. The Hall–Kier alpha value is -4.11. The quantitative estimate of drug-likeness (QED) is 0.308. The smallest absolute Gasteiger partial charge is 0.303 e. The third-order valence-electron chi connectivity index (χ3n) is 10.4. The van der Waals surface area contributed by atoms with E-state index in [1.165, 1.54) is 52.4 Å². The minimum atomic E-state index is -4.13. The van der Waals surface area contributed by atoms with Crippen LogP contribution in [0.1, 0.15) is 61.6 Å². The van der Waals surface area contributed by atoms with Gasteiger partial charge in [0.2, 0.25) is 10.0 Å². The van der Waals surface area contributed by atoms with E-state index >= 15 is 0 Å². The van der Waals surface area contributed by atoms with Crippen LogP contribution in [0.2, 0.25) is 0 Å². The molecule has 1 fully saturated rings. The van der Waals surface area contributed by atoms with Crippen LogP contribution >= 0.6 is 0 Å². The Bertz CT molecular complexity index is 2210. The second kappa shape index (κ2) is 12.9. The number of nitrogens with zero attached hydrogens (tertiary/aromatic N) is 2. The van der Waals surface area contributed by atoms with Gasteiger partial charge in [-0.05, 0) is 71.7 Å². The fraction of sp³-hybridized carbons (Fsp3) is 0.417. The average Bonchev–Trinajstić information content (AvgIpc) is 3.74. The van der Waals surface area contributed by atoms with Crippen molar-refractivity contribution in [2.75, 3.05) is 35.4 Å². The van der Waals surface area contributed by atoms with Crippen LogP contribution in [0, 0.1) is 0 Å². The third-order valence-corrected chi connectivity index (χ3v) is 13.3. The molecule has 14 heteroatoms. The van der Waals surface area contributed by atoms with Gasteiger partial charge in [-0.25, -0.2) is 17.9 Å². The number of hydrogen-bond acceptors (Lipinski definition) is 8. The van der Waals surface area contributed by atoms with Crippen molar-refractivity contribution in [2.45, 2.75) is 67.8 Å². The van der Waals surface area contributed by atoms with E-state index < -0.39 is 38.1 Å². The Balaban J connectivity index is 1.40. The molecule has 0 saturated heterocycles. The maximum atomic E-state index is 14.1. The van der Waals surface area contributed by atoms with Crippen molar-refractivity contribution in [3.8, 4) is 17.2 Å². The van der Waals surface area contributed by atoms with Gasteiger partial charge in [-0.2, -0.15) is 12.7 Å². The van der Waals surface area contributed by atoms with Gasteiger partial charge in [0.1, 0.15) is 22.1 Å². The van der Waals surface area contributed by atoms with Crippen LogP contribution < -0.4 is 23.7 Å². The highest BCUT2D eigenvalue weighted by Gasteiger charge is 2.47. The average molecular weight is 723 g/mol. The molecule has 3 aliphatic carbocycles. The molecule has 1 saturated carbocycles. The first kappa shape index (κ1) is 34.3. The number of ether oxygens (including phenoxy) is 3. The highest BCUT2D eigenvalue weighted by atomic mass is 32.2.